The third kappa shape index (κ3) is 12.2. The zero-order valence-electron chi connectivity index (χ0n) is 33.1. The summed E-state index contributed by atoms with van der Waals surface area (Å²) in [6, 6.07) is 6.92. The molecule has 0 saturated heterocycles. The Morgan fingerprint density at radius 3 is 2.12 bits per heavy atom. The number of halogens is 1. The highest BCUT2D eigenvalue weighted by atomic mass is 32.3. The first-order valence-electron chi connectivity index (χ1n) is 17.7. The van der Waals surface area contributed by atoms with Crippen molar-refractivity contribution in [3.8, 4) is 17.2 Å². The van der Waals surface area contributed by atoms with Crippen LogP contribution in [0.1, 0.15) is 0 Å². The number of hydrogen-bond acceptors (Lipinski definition) is 24. The largest absolute Gasteiger partial charge is 0.506 e. The lowest BCUT2D eigenvalue weighted by molar-refractivity contribution is -0.118. The molecule has 1 aliphatic heterocycles. The van der Waals surface area contributed by atoms with Crippen LogP contribution < -0.4 is 20.3 Å². The van der Waals surface area contributed by atoms with Crippen molar-refractivity contribution in [3.05, 3.63) is 54.6 Å². The minimum absolute atomic E-state index is 0.0205. The van der Waals surface area contributed by atoms with Gasteiger partial charge >= 0.3 is 16.5 Å². The number of azo groups is 2. The molecule has 1 aliphatic rings. The van der Waals surface area contributed by atoms with Gasteiger partial charge in [-0.3, -0.25) is 23.0 Å². The van der Waals surface area contributed by atoms with E-state index in [9.17, 15) is 75.1 Å². The fourth-order valence-electron chi connectivity index (χ4n) is 5.71. The van der Waals surface area contributed by atoms with Crippen LogP contribution in [-0.2, 0) is 59.6 Å². The lowest BCUT2D eigenvalue weighted by Gasteiger charge is -2.18. The Labute approximate surface area is 376 Å². The Morgan fingerprint density at radius 2 is 1.46 bits per heavy atom. The maximum atomic E-state index is 14.7. The van der Waals surface area contributed by atoms with Gasteiger partial charge in [-0.05, 0) is 42.5 Å². The number of amides is 1. The fraction of sp³-hybridized carbons (Fsp3) is 0.188. The van der Waals surface area contributed by atoms with Crippen LogP contribution in [-0.4, -0.2) is 130 Å². The van der Waals surface area contributed by atoms with Gasteiger partial charge in [-0.25, -0.2) is 12.6 Å². The molecular formula is C32H29FN10O19S5. The number of nitrogens with one attached hydrogen (secondary N) is 2. The number of nitrogens with zero attached hydrogens (tertiary/aromatic N) is 8. The van der Waals surface area contributed by atoms with Crippen LogP contribution in [0.15, 0.2) is 83.7 Å². The van der Waals surface area contributed by atoms with E-state index in [0.717, 1.165) is 47.4 Å². The summed E-state index contributed by atoms with van der Waals surface area (Å²) >= 11 is 0. The second-order valence-corrected chi connectivity index (χ2v) is 21.0. The quantitative estimate of drug-likeness (QED) is 0.0490. The number of sulfone groups is 1. The van der Waals surface area contributed by atoms with E-state index in [2.05, 4.69) is 50.2 Å². The van der Waals surface area contributed by atoms with Gasteiger partial charge in [0.2, 0.25) is 11.9 Å². The summed E-state index contributed by atoms with van der Waals surface area (Å²) in [5, 5.41) is 40.3. The fourth-order valence-corrected chi connectivity index (χ4v) is 9.20. The number of aromatic nitrogens is 3. The predicted molar refractivity (Wildman–Crippen MR) is 225 cm³/mol. The van der Waals surface area contributed by atoms with E-state index in [4.69, 9.17) is 9.29 Å². The number of carbonyl (C=O) groups excluding carboxylic acids is 1. The van der Waals surface area contributed by atoms with E-state index in [1.54, 1.807) is 0 Å². The highest BCUT2D eigenvalue weighted by Crippen LogP contribution is 2.47. The summed E-state index contributed by atoms with van der Waals surface area (Å²) in [4.78, 5) is 20.5. The highest BCUT2D eigenvalue weighted by Gasteiger charge is 2.29. The van der Waals surface area contributed by atoms with Gasteiger partial charge in [-0.15, -0.1) is 20.5 Å². The van der Waals surface area contributed by atoms with Crippen molar-refractivity contribution in [2.24, 2.45) is 20.5 Å². The van der Waals surface area contributed by atoms with Gasteiger partial charge in [0.25, 0.3) is 36.3 Å². The van der Waals surface area contributed by atoms with Crippen LogP contribution in [0.4, 0.5) is 50.4 Å². The first kappa shape index (κ1) is 49.7. The maximum Gasteiger partial charge on any atom is 0.397 e. The summed E-state index contributed by atoms with van der Waals surface area (Å²) in [5.74, 6) is -5.38. The zero-order valence-corrected chi connectivity index (χ0v) is 37.2. The third-order valence-electron chi connectivity index (χ3n) is 8.75. The van der Waals surface area contributed by atoms with Gasteiger partial charge in [-0.2, -0.15) is 53.0 Å². The molecule has 2 heterocycles. The van der Waals surface area contributed by atoms with Crippen LogP contribution in [0.25, 0.3) is 10.8 Å². The number of benzene rings is 4. The second-order valence-electron chi connectivity index (χ2n) is 13.4. The third-order valence-corrected chi connectivity index (χ3v) is 13.5. The molecule has 0 spiro atoms. The minimum Gasteiger partial charge on any atom is -0.506 e. The van der Waals surface area contributed by atoms with E-state index in [1.165, 1.54) is 7.05 Å². The van der Waals surface area contributed by atoms with Gasteiger partial charge in [0.15, 0.2) is 22.2 Å². The molecule has 6 rings (SSSR count). The smallest absolute Gasteiger partial charge is 0.397 e. The molecule has 0 atom stereocenters. The first-order valence-corrected chi connectivity index (χ1v) is 25.2. The topological polar surface area (TPSA) is 443 Å². The molecule has 0 fully saturated rings. The number of hydrogen-bond donors (Lipinski definition) is 8. The molecule has 5 aromatic rings. The molecule has 4 aromatic carbocycles. The average Bonchev–Trinajstić information content (AvgIpc) is 3.19. The molecule has 35 heteroatoms. The molecule has 1 aromatic heterocycles. The van der Waals surface area contributed by atoms with E-state index in [-0.39, 0.29) is 17.1 Å². The number of anilines is 4. The lowest BCUT2D eigenvalue weighted by atomic mass is 10.1. The van der Waals surface area contributed by atoms with Crippen molar-refractivity contribution >= 4 is 113 Å². The molecule has 8 N–H and O–H groups in total. The maximum absolute atomic E-state index is 14.7. The van der Waals surface area contributed by atoms with Crippen LogP contribution in [0.5, 0.6) is 17.2 Å². The van der Waals surface area contributed by atoms with E-state index in [0.29, 0.717) is 6.07 Å². The molecule has 0 unspecified atom stereocenters. The second kappa shape index (κ2) is 18.5. The van der Waals surface area contributed by atoms with Gasteiger partial charge < -0.3 is 30.5 Å². The Morgan fingerprint density at radius 1 is 0.791 bits per heavy atom. The van der Waals surface area contributed by atoms with E-state index in [1.807, 2.05) is 0 Å². The molecule has 29 nitrogen and oxygen atoms in total. The van der Waals surface area contributed by atoms with E-state index < -0.39 is 165 Å². The Hall–Kier alpha value is -6.70. The molecule has 67 heavy (non-hydrogen) atoms. The van der Waals surface area contributed by atoms with Gasteiger partial charge in [0.1, 0.15) is 44.0 Å². The number of phenolic OH excluding ortho intramolecular Hbond substituents is 2. The van der Waals surface area contributed by atoms with Crippen LogP contribution in [0, 0.1) is 6.08 Å². The van der Waals surface area contributed by atoms with Gasteiger partial charge in [0, 0.05) is 30.4 Å². The first-order chi connectivity index (χ1) is 31.0. The summed E-state index contributed by atoms with van der Waals surface area (Å²) in [6.07, 6.45) is -1.51. The Kier molecular flexibility index (Phi) is 13.8. The van der Waals surface area contributed by atoms with Crippen LogP contribution in [0.2, 0.25) is 0 Å². The standard InChI is InChI=1S/C32H29FN10O19S5/c1-43(6-8-63(47,48)9-7-62-67(58,59)60)32-37-30(33)36-31(38-32)35-18-4-3-16-17(29(18)66(55,56)57)11-25(65(52,53)54)27(28(16)46)42-40-20-13-24-22(34-26(45)14-61-24)12-19(20)39-41-21-10-15(64(49,50)51)2-5-23(21)44/h2-5,10-13,44,46H,6-9,14H2,1H3,(H,34,45)(H,49,50,51)(H,52,53,54)(H,55,56,57)(H,58,59,60)(H,35,36,37,38). The predicted octanol–water partition coefficient (Wildman–Crippen LogP) is 2.89. The minimum atomic E-state index is -5.53. The van der Waals surface area contributed by atoms with Crippen molar-refractivity contribution in [2.75, 3.05) is 53.8 Å². The molecule has 0 saturated carbocycles. The lowest BCUT2D eigenvalue weighted by Crippen LogP contribution is -2.29. The van der Waals surface area contributed by atoms with Gasteiger partial charge in [0.05, 0.1) is 34.4 Å². The summed E-state index contributed by atoms with van der Waals surface area (Å²) in [7, 11) is -23.6. The molecule has 358 valence electrons. The van der Waals surface area contributed by atoms with Crippen molar-refractivity contribution in [1.29, 1.82) is 0 Å². The van der Waals surface area contributed by atoms with Gasteiger partial charge in [-0.1, -0.05) is 0 Å². The monoisotopic (exact) mass is 1040 g/mol. The molecular weight excluding hydrogens is 1010 g/mol. The Bertz CT molecular complexity index is 3510. The number of phenols is 2. The SMILES string of the molecule is CN(CCS(=O)(=O)CCOS(=O)(=O)O)c1nc(F)nc(Nc2ccc3c(O)c(N=Nc4cc5c(cc4N=Nc4cc(S(=O)(=O)O)ccc4O)NC(=O)CO5)c(S(=O)(=O)O)cc3c2S(=O)(=O)O)n1. The number of rotatable bonds is 17. The zero-order chi connectivity index (χ0) is 49.4. The molecule has 1 amide bonds. The average molecular weight is 1040 g/mol. The number of carbonyl (C=O) groups is 1. The summed E-state index contributed by atoms with van der Waals surface area (Å²) in [6.45, 7) is -1.86. The summed E-state index contributed by atoms with van der Waals surface area (Å²) < 4.78 is 184. The van der Waals surface area contributed by atoms with Crippen LogP contribution in [0.3, 0.4) is 0 Å². The highest BCUT2D eigenvalue weighted by molar-refractivity contribution is 7.91. The van der Waals surface area contributed by atoms with Crippen molar-refractivity contribution in [3.63, 3.8) is 0 Å². The molecule has 0 radical (unpaired) electrons. The number of ether oxygens (including phenoxy) is 1. The van der Waals surface area contributed by atoms with Crippen molar-refractivity contribution in [2.45, 2.75) is 14.7 Å². The van der Waals surface area contributed by atoms with Crippen molar-refractivity contribution in [1.82, 2.24) is 15.0 Å². The number of fused-ring (bicyclic) bond motifs is 2. The Balaban J connectivity index is 1.40. The normalized spacial score (nSPS) is 13.7. The number of aromatic hydroxyl groups is 2. The van der Waals surface area contributed by atoms with Crippen molar-refractivity contribution < 1.29 is 88.6 Å². The summed E-state index contributed by atoms with van der Waals surface area (Å²) in [5.41, 5.74) is -3.04. The molecule has 0 bridgehead atoms. The van der Waals surface area contributed by atoms with E-state index >= 15 is 0 Å². The van der Waals surface area contributed by atoms with Crippen LogP contribution >= 0.6 is 0 Å². The molecule has 0 aliphatic carbocycles.